The van der Waals surface area contributed by atoms with Crippen LogP contribution >= 0.6 is 0 Å². The van der Waals surface area contributed by atoms with Crippen molar-refractivity contribution < 1.29 is 17.6 Å². The van der Waals surface area contributed by atoms with E-state index in [-0.39, 0.29) is 11.6 Å². The zero-order chi connectivity index (χ0) is 16.9. The van der Waals surface area contributed by atoms with E-state index < -0.39 is 12.0 Å². The lowest BCUT2D eigenvalue weighted by atomic mass is 9.77. The molecule has 1 aromatic rings. The maximum atomic E-state index is 14.0. The molecule has 23 heavy (non-hydrogen) atoms. The minimum Gasteiger partial charge on any atom is -0.206 e. The molecule has 0 bridgehead atoms. The van der Waals surface area contributed by atoms with Crippen molar-refractivity contribution in [1.82, 2.24) is 0 Å². The summed E-state index contributed by atoms with van der Waals surface area (Å²) in [5.74, 6) is 0.546. The average Bonchev–Trinajstić information content (AvgIpc) is 2.51. The van der Waals surface area contributed by atoms with Gasteiger partial charge in [-0.1, -0.05) is 38.3 Å². The van der Waals surface area contributed by atoms with Crippen molar-refractivity contribution in [3.05, 3.63) is 41.2 Å². The highest BCUT2D eigenvalue weighted by Crippen LogP contribution is 2.38. The third-order valence-electron chi connectivity index (χ3n) is 4.76. The van der Waals surface area contributed by atoms with Crippen molar-refractivity contribution in [2.45, 2.75) is 64.0 Å². The maximum absolute atomic E-state index is 14.0. The first-order chi connectivity index (χ1) is 10.9. The third-order valence-corrected chi connectivity index (χ3v) is 4.76. The van der Waals surface area contributed by atoms with Crippen LogP contribution < -0.4 is 0 Å². The second-order valence-corrected chi connectivity index (χ2v) is 6.52. The van der Waals surface area contributed by atoms with Crippen LogP contribution in [-0.4, -0.2) is 6.18 Å². The van der Waals surface area contributed by atoms with E-state index in [1.807, 2.05) is 0 Å². The number of rotatable bonds is 5. The Balaban J connectivity index is 1.97. The van der Waals surface area contributed by atoms with Crippen molar-refractivity contribution in [1.29, 1.82) is 0 Å². The van der Waals surface area contributed by atoms with Crippen molar-refractivity contribution >= 4 is 6.08 Å². The molecule has 1 aliphatic carbocycles. The molecule has 1 fully saturated rings. The number of hydrogen-bond acceptors (Lipinski definition) is 0. The summed E-state index contributed by atoms with van der Waals surface area (Å²) < 4.78 is 50.5. The van der Waals surface area contributed by atoms with Crippen molar-refractivity contribution in [3.8, 4) is 0 Å². The van der Waals surface area contributed by atoms with Crippen LogP contribution in [0.5, 0.6) is 0 Å². The normalized spacial score (nSPS) is 22.7. The van der Waals surface area contributed by atoms with E-state index in [0.29, 0.717) is 5.92 Å². The van der Waals surface area contributed by atoms with Gasteiger partial charge >= 0.3 is 6.18 Å². The van der Waals surface area contributed by atoms with Crippen LogP contribution in [0.15, 0.2) is 24.3 Å². The minimum atomic E-state index is -4.41. The maximum Gasteiger partial charge on any atom is 0.409 e. The fourth-order valence-electron chi connectivity index (χ4n) is 3.39. The summed E-state index contributed by atoms with van der Waals surface area (Å²) in [6.07, 6.45) is 4.65. The molecule has 0 aromatic heterocycles. The van der Waals surface area contributed by atoms with Crippen molar-refractivity contribution in [2.24, 2.45) is 5.92 Å². The highest BCUT2D eigenvalue weighted by atomic mass is 19.4. The Bertz CT molecular complexity index is 523. The number of unbranched alkanes of at least 4 members (excludes halogenated alkanes) is 1. The summed E-state index contributed by atoms with van der Waals surface area (Å²) in [7, 11) is 0. The third kappa shape index (κ3) is 5.67. The molecule has 1 saturated carbocycles. The van der Waals surface area contributed by atoms with E-state index in [1.54, 1.807) is 6.07 Å². The van der Waals surface area contributed by atoms with Crippen LogP contribution in [-0.2, 0) is 0 Å². The molecule has 0 aliphatic heterocycles. The van der Waals surface area contributed by atoms with Gasteiger partial charge in [0.25, 0.3) is 0 Å². The predicted octanol–water partition coefficient (Wildman–Crippen LogP) is 6.87. The predicted molar refractivity (Wildman–Crippen MR) is 85.7 cm³/mol. The Morgan fingerprint density at radius 1 is 1.13 bits per heavy atom. The second-order valence-electron chi connectivity index (χ2n) is 6.52. The first-order valence-corrected chi connectivity index (χ1v) is 8.44. The fraction of sp³-hybridized carbons (Fsp3) is 0.579. The molecule has 0 N–H and O–H groups in total. The largest absolute Gasteiger partial charge is 0.409 e. The summed E-state index contributed by atoms with van der Waals surface area (Å²) in [6, 6.07) is 4.64. The van der Waals surface area contributed by atoms with Crippen LogP contribution in [0.1, 0.15) is 68.9 Å². The van der Waals surface area contributed by atoms with Gasteiger partial charge in [-0.15, -0.1) is 0 Å². The highest BCUT2D eigenvalue weighted by Gasteiger charge is 2.24. The molecule has 2 rings (SSSR count). The zero-order valence-corrected chi connectivity index (χ0v) is 13.5. The molecule has 0 atom stereocenters. The Labute approximate surface area is 135 Å². The SMILES string of the molecule is CCCCC1CCC(c2ccc(/C=C/C(F)(F)F)c(F)c2)CC1. The molecule has 0 heterocycles. The zero-order valence-electron chi connectivity index (χ0n) is 13.5. The van der Waals surface area contributed by atoms with Gasteiger partial charge in [-0.2, -0.15) is 13.2 Å². The van der Waals surface area contributed by atoms with E-state index in [0.717, 1.165) is 30.4 Å². The first-order valence-electron chi connectivity index (χ1n) is 8.44. The van der Waals surface area contributed by atoms with Gasteiger partial charge in [-0.25, -0.2) is 4.39 Å². The molecule has 0 saturated heterocycles. The van der Waals surface area contributed by atoms with Gasteiger partial charge in [0.15, 0.2) is 0 Å². The Morgan fingerprint density at radius 2 is 1.83 bits per heavy atom. The summed E-state index contributed by atoms with van der Waals surface area (Å²) in [5.41, 5.74) is 0.906. The van der Waals surface area contributed by atoms with E-state index >= 15 is 0 Å². The number of halogens is 4. The minimum absolute atomic E-state index is 0.0114. The van der Waals surface area contributed by atoms with Gasteiger partial charge in [0, 0.05) is 11.6 Å². The Morgan fingerprint density at radius 3 is 2.39 bits per heavy atom. The number of benzene rings is 1. The van der Waals surface area contributed by atoms with Crippen LogP contribution in [0.4, 0.5) is 17.6 Å². The lowest BCUT2D eigenvalue weighted by Gasteiger charge is -2.29. The fourth-order valence-corrected chi connectivity index (χ4v) is 3.39. The second kappa shape index (κ2) is 7.98. The summed E-state index contributed by atoms with van der Waals surface area (Å²) in [5, 5.41) is 0. The van der Waals surface area contributed by atoms with Crippen molar-refractivity contribution in [2.75, 3.05) is 0 Å². The molecule has 4 heteroatoms. The van der Waals surface area contributed by atoms with E-state index in [4.69, 9.17) is 0 Å². The molecular formula is C19H24F4. The van der Waals surface area contributed by atoms with Gasteiger partial charge < -0.3 is 0 Å². The van der Waals surface area contributed by atoms with E-state index in [1.165, 1.54) is 44.2 Å². The number of alkyl halides is 3. The topological polar surface area (TPSA) is 0 Å². The monoisotopic (exact) mass is 328 g/mol. The van der Waals surface area contributed by atoms with E-state index in [2.05, 4.69) is 6.92 Å². The summed E-state index contributed by atoms with van der Waals surface area (Å²) >= 11 is 0. The smallest absolute Gasteiger partial charge is 0.206 e. The summed E-state index contributed by atoms with van der Waals surface area (Å²) in [6.45, 7) is 2.20. The molecule has 0 amide bonds. The Hall–Kier alpha value is -1.32. The van der Waals surface area contributed by atoms with Crippen molar-refractivity contribution in [3.63, 3.8) is 0 Å². The molecule has 0 unspecified atom stereocenters. The van der Waals surface area contributed by atoms with Gasteiger partial charge in [-0.05, 0) is 55.2 Å². The van der Waals surface area contributed by atoms with Crippen LogP contribution in [0.25, 0.3) is 6.08 Å². The van der Waals surface area contributed by atoms with Crippen LogP contribution in [0, 0.1) is 11.7 Å². The molecule has 128 valence electrons. The molecule has 1 aromatic carbocycles. The standard InChI is InChI=1S/C19H24F4/c1-2-3-4-14-5-7-15(8-6-14)17-10-9-16(18(20)13-17)11-12-19(21,22)23/h9-15H,2-8H2,1H3/b12-11+. The first kappa shape index (κ1) is 18.0. The molecule has 0 spiro atoms. The van der Waals surface area contributed by atoms with Crippen LogP contribution in [0.3, 0.4) is 0 Å². The number of hydrogen-bond donors (Lipinski definition) is 0. The summed E-state index contributed by atoms with van der Waals surface area (Å²) in [4.78, 5) is 0. The van der Waals surface area contributed by atoms with Gasteiger partial charge in [0.05, 0.1) is 0 Å². The highest BCUT2D eigenvalue weighted by molar-refractivity contribution is 5.51. The lowest BCUT2D eigenvalue weighted by molar-refractivity contribution is -0.0790. The lowest BCUT2D eigenvalue weighted by Crippen LogP contribution is -2.13. The average molecular weight is 328 g/mol. The molecule has 1 aliphatic rings. The molecule has 0 radical (unpaired) electrons. The Kier molecular flexibility index (Phi) is 6.25. The van der Waals surface area contributed by atoms with Gasteiger partial charge in [0.2, 0.25) is 0 Å². The van der Waals surface area contributed by atoms with Gasteiger partial charge in [0.1, 0.15) is 5.82 Å². The quantitative estimate of drug-likeness (QED) is 0.518. The molecule has 0 nitrogen and oxygen atoms in total. The molecular weight excluding hydrogens is 304 g/mol. The van der Waals surface area contributed by atoms with Crippen LogP contribution in [0.2, 0.25) is 0 Å². The number of allylic oxidation sites excluding steroid dienone is 1. The van der Waals surface area contributed by atoms with E-state index in [9.17, 15) is 17.6 Å². The van der Waals surface area contributed by atoms with Gasteiger partial charge in [-0.3, -0.25) is 0 Å².